The molecule has 2 rings (SSSR count). The molecular weight excluding hydrogens is 248 g/mol. The van der Waals surface area contributed by atoms with E-state index < -0.39 is 0 Å². The lowest BCUT2D eigenvalue weighted by Gasteiger charge is -2.21. The van der Waals surface area contributed by atoms with Crippen LogP contribution in [0, 0.1) is 12.8 Å². The van der Waals surface area contributed by atoms with Crippen molar-refractivity contribution in [2.45, 2.75) is 65.5 Å². The summed E-state index contributed by atoms with van der Waals surface area (Å²) in [5, 5.41) is 3.49. The van der Waals surface area contributed by atoms with Crippen molar-refractivity contribution in [3.05, 3.63) is 23.4 Å². The fourth-order valence-corrected chi connectivity index (χ4v) is 2.57. The van der Waals surface area contributed by atoms with Crippen molar-refractivity contribution in [1.82, 2.24) is 10.3 Å². The van der Waals surface area contributed by atoms with Gasteiger partial charge in [-0.15, -0.1) is 0 Å². The van der Waals surface area contributed by atoms with Crippen molar-refractivity contribution in [3.8, 4) is 5.88 Å². The molecule has 0 aliphatic heterocycles. The standard InChI is InChI=1S/C17H28N2O/c1-13-15(11-18-17(2,3)4)9-10-16(19-13)20-12-14-7-5-6-8-14/h9-10,14,18H,5-8,11-12H2,1-4H3. The van der Waals surface area contributed by atoms with Crippen LogP contribution in [0.2, 0.25) is 0 Å². The maximum absolute atomic E-state index is 5.84. The Morgan fingerprint density at radius 3 is 2.55 bits per heavy atom. The third kappa shape index (κ3) is 4.78. The first-order chi connectivity index (χ1) is 9.44. The Labute approximate surface area is 123 Å². The van der Waals surface area contributed by atoms with Crippen LogP contribution in [0.1, 0.15) is 57.7 Å². The lowest BCUT2D eigenvalue weighted by atomic mass is 10.1. The van der Waals surface area contributed by atoms with E-state index in [0.717, 1.165) is 30.6 Å². The van der Waals surface area contributed by atoms with Crippen LogP contribution in [0.5, 0.6) is 5.88 Å². The molecule has 20 heavy (non-hydrogen) atoms. The van der Waals surface area contributed by atoms with Crippen molar-refractivity contribution in [2.75, 3.05) is 6.61 Å². The molecule has 0 saturated heterocycles. The predicted molar refractivity (Wildman–Crippen MR) is 83.0 cm³/mol. The molecule has 0 aromatic carbocycles. The Kier molecular flexibility index (Phi) is 5.03. The lowest BCUT2D eigenvalue weighted by Crippen LogP contribution is -2.35. The predicted octanol–water partition coefficient (Wildman–Crippen LogP) is 3.85. The van der Waals surface area contributed by atoms with E-state index in [1.165, 1.54) is 31.2 Å². The van der Waals surface area contributed by atoms with Gasteiger partial charge in [-0.2, -0.15) is 0 Å². The molecule has 0 bridgehead atoms. The minimum absolute atomic E-state index is 0.129. The lowest BCUT2D eigenvalue weighted by molar-refractivity contribution is 0.243. The summed E-state index contributed by atoms with van der Waals surface area (Å²) in [5.74, 6) is 1.51. The summed E-state index contributed by atoms with van der Waals surface area (Å²) < 4.78 is 5.84. The molecule has 0 amide bonds. The van der Waals surface area contributed by atoms with Crippen LogP contribution in [0.4, 0.5) is 0 Å². The molecular formula is C17H28N2O. The molecule has 0 spiro atoms. The second kappa shape index (κ2) is 6.57. The van der Waals surface area contributed by atoms with Crippen LogP contribution >= 0.6 is 0 Å². The zero-order valence-corrected chi connectivity index (χ0v) is 13.3. The van der Waals surface area contributed by atoms with Gasteiger partial charge in [0.05, 0.1) is 6.61 Å². The van der Waals surface area contributed by atoms with Gasteiger partial charge in [0.1, 0.15) is 0 Å². The Morgan fingerprint density at radius 1 is 1.25 bits per heavy atom. The van der Waals surface area contributed by atoms with E-state index in [1.54, 1.807) is 0 Å². The molecule has 1 heterocycles. The maximum Gasteiger partial charge on any atom is 0.213 e. The highest BCUT2D eigenvalue weighted by atomic mass is 16.5. The van der Waals surface area contributed by atoms with Gasteiger partial charge in [-0.05, 0) is 52.0 Å². The van der Waals surface area contributed by atoms with Crippen molar-refractivity contribution >= 4 is 0 Å². The first-order valence-electron chi connectivity index (χ1n) is 7.78. The van der Waals surface area contributed by atoms with E-state index in [4.69, 9.17) is 4.74 Å². The van der Waals surface area contributed by atoms with Crippen molar-refractivity contribution in [1.29, 1.82) is 0 Å². The first-order valence-corrected chi connectivity index (χ1v) is 7.78. The third-order valence-corrected chi connectivity index (χ3v) is 3.92. The molecule has 1 aromatic heterocycles. The number of nitrogens with zero attached hydrogens (tertiary/aromatic N) is 1. The molecule has 1 aliphatic rings. The van der Waals surface area contributed by atoms with E-state index >= 15 is 0 Å². The van der Waals surface area contributed by atoms with E-state index in [-0.39, 0.29) is 5.54 Å². The van der Waals surface area contributed by atoms with Gasteiger partial charge in [0.15, 0.2) is 0 Å². The summed E-state index contributed by atoms with van der Waals surface area (Å²) in [6.45, 7) is 10.3. The largest absolute Gasteiger partial charge is 0.477 e. The highest BCUT2D eigenvalue weighted by Gasteiger charge is 2.16. The number of rotatable bonds is 5. The van der Waals surface area contributed by atoms with E-state index in [1.807, 2.05) is 6.07 Å². The Morgan fingerprint density at radius 2 is 1.95 bits per heavy atom. The Hall–Kier alpha value is -1.09. The van der Waals surface area contributed by atoms with Gasteiger partial charge in [-0.25, -0.2) is 4.98 Å². The minimum atomic E-state index is 0.129. The molecule has 1 saturated carbocycles. The summed E-state index contributed by atoms with van der Waals surface area (Å²) in [5.41, 5.74) is 2.43. The normalized spacial score (nSPS) is 16.6. The monoisotopic (exact) mass is 276 g/mol. The number of ether oxygens (including phenoxy) is 1. The highest BCUT2D eigenvalue weighted by molar-refractivity contribution is 5.25. The van der Waals surface area contributed by atoms with Crippen molar-refractivity contribution in [2.24, 2.45) is 5.92 Å². The Balaban J connectivity index is 1.88. The van der Waals surface area contributed by atoms with Crippen LogP contribution in [-0.4, -0.2) is 17.1 Å². The molecule has 112 valence electrons. The van der Waals surface area contributed by atoms with E-state index in [2.05, 4.69) is 44.1 Å². The minimum Gasteiger partial charge on any atom is -0.477 e. The molecule has 3 nitrogen and oxygen atoms in total. The van der Waals surface area contributed by atoms with Crippen LogP contribution in [-0.2, 0) is 6.54 Å². The molecule has 0 atom stereocenters. The van der Waals surface area contributed by atoms with Gasteiger partial charge in [-0.1, -0.05) is 18.9 Å². The number of hydrogen-bond acceptors (Lipinski definition) is 3. The van der Waals surface area contributed by atoms with Gasteiger partial charge in [0, 0.05) is 23.8 Å². The van der Waals surface area contributed by atoms with Crippen molar-refractivity contribution < 1.29 is 4.74 Å². The zero-order chi connectivity index (χ0) is 14.6. The van der Waals surface area contributed by atoms with Crippen LogP contribution < -0.4 is 10.1 Å². The maximum atomic E-state index is 5.84. The molecule has 0 unspecified atom stereocenters. The average molecular weight is 276 g/mol. The molecule has 1 fully saturated rings. The third-order valence-electron chi connectivity index (χ3n) is 3.92. The highest BCUT2D eigenvalue weighted by Crippen LogP contribution is 2.25. The first kappa shape index (κ1) is 15.3. The number of aromatic nitrogens is 1. The zero-order valence-electron chi connectivity index (χ0n) is 13.3. The molecule has 1 aromatic rings. The quantitative estimate of drug-likeness (QED) is 0.887. The fourth-order valence-electron chi connectivity index (χ4n) is 2.57. The molecule has 1 N–H and O–H groups in total. The molecule has 1 aliphatic carbocycles. The Bertz CT molecular complexity index is 431. The summed E-state index contributed by atoms with van der Waals surface area (Å²) >= 11 is 0. The number of aryl methyl sites for hydroxylation is 1. The number of pyridine rings is 1. The second-order valence-corrected chi connectivity index (χ2v) is 6.96. The number of hydrogen-bond donors (Lipinski definition) is 1. The van der Waals surface area contributed by atoms with Crippen molar-refractivity contribution in [3.63, 3.8) is 0 Å². The smallest absolute Gasteiger partial charge is 0.213 e. The summed E-state index contributed by atoms with van der Waals surface area (Å²) in [7, 11) is 0. The summed E-state index contributed by atoms with van der Waals surface area (Å²) in [4.78, 5) is 4.57. The van der Waals surface area contributed by atoms with Crippen LogP contribution in [0.15, 0.2) is 12.1 Å². The second-order valence-electron chi connectivity index (χ2n) is 6.96. The average Bonchev–Trinajstić information content (AvgIpc) is 2.87. The molecule has 3 heteroatoms. The number of nitrogens with one attached hydrogen (secondary N) is 1. The van der Waals surface area contributed by atoms with E-state index in [9.17, 15) is 0 Å². The summed E-state index contributed by atoms with van der Waals surface area (Å²) in [6.07, 6.45) is 5.34. The van der Waals surface area contributed by atoms with Crippen LogP contribution in [0.25, 0.3) is 0 Å². The summed E-state index contributed by atoms with van der Waals surface area (Å²) in [6, 6.07) is 4.13. The molecule has 0 radical (unpaired) electrons. The van der Waals surface area contributed by atoms with Gasteiger partial charge in [0.2, 0.25) is 5.88 Å². The van der Waals surface area contributed by atoms with Crippen LogP contribution in [0.3, 0.4) is 0 Å². The SMILES string of the molecule is Cc1nc(OCC2CCCC2)ccc1CNC(C)(C)C. The van der Waals surface area contributed by atoms with Gasteiger partial charge < -0.3 is 10.1 Å². The van der Waals surface area contributed by atoms with E-state index in [0.29, 0.717) is 0 Å². The van der Waals surface area contributed by atoms with Gasteiger partial charge >= 0.3 is 0 Å². The fraction of sp³-hybridized carbons (Fsp3) is 0.706. The van der Waals surface area contributed by atoms with Gasteiger partial charge in [-0.3, -0.25) is 0 Å². The van der Waals surface area contributed by atoms with Gasteiger partial charge in [0.25, 0.3) is 0 Å². The topological polar surface area (TPSA) is 34.1 Å².